The molecule has 112 valence electrons. The van der Waals surface area contributed by atoms with Crippen molar-refractivity contribution >= 4 is 27.5 Å². The van der Waals surface area contributed by atoms with Gasteiger partial charge in [0.2, 0.25) is 0 Å². The Morgan fingerprint density at radius 3 is 2.48 bits per heavy atom. The lowest BCUT2D eigenvalue weighted by Gasteiger charge is -2.23. The Morgan fingerprint density at radius 2 is 1.81 bits per heavy atom. The first-order valence-electron chi connectivity index (χ1n) is 7.09. The second-order valence-corrected chi connectivity index (χ2v) is 6.36. The zero-order chi connectivity index (χ0) is 15.1. The molecule has 21 heavy (non-hydrogen) atoms. The Kier molecular flexibility index (Phi) is 6.71. The van der Waals surface area contributed by atoms with Crippen molar-refractivity contribution in [2.24, 2.45) is 5.73 Å². The smallest absolute Gasteiger partial charge is 0.0417 e. The van der Waals surface area contributed by atoms with Gasteiger partial charge >= 0.3 is 0 Å². The molecule has 0 bridgehead atoms. The van der Waals surface area contributed by atoms with Gasteiger partial charge in [0.1, 0.15) is 0 Å². The van der Waals surface area contributed by atoms with E-state index in [0.717, 1.165) is 35.6 Å². The number of nitrogens with zero attached hydrogens (tertiary/aromatic N) is 1. The maximum absolute atomic E-state index is 6.01. The van der Waals surface area contributed by atoms with Crippen molar-refractivity contribution < 1.29 is 0 Å². The molecule has 0 saturated carbocycles. The lowest BCUT2D eigenvalue weighted by Crippen LogP contribution is -2.25. The molecule has 0 spiro atoms. The van der Waals surface area contributed by atoms with Gasteiger partial charge in [-0.1, -0.05) is 63.9 Å². The summed E-state index contributed by atoms with van der Waals surface area (Å²) in [7, 11) is 0. The zero-order valence-corrected chi connectivity index (χ0v) is 14.3. The summed E-state index contributed by atoms with van der Waals surface area (Å²) in [5.74, 6) is 0. The topological polar surface area (TPSA) is 29.3 Å². The summed E-state index contributed by atoms with van der Waals surface area (Å²) in [5.41, 5.74) is 8.22. The van der Waals surface area contributed by atoms with Crippen LogP contribution in [0.25, 0.3) is 0 Å². The fourth-order valence-corrected chi connectivity index (χ4v) is 3.07. The summed E-state index contributed by atoms with van der Waals surface area (Å²) in [5, 5.41) is 0.752. The third-order valence-corrected chi connectivity index (χ3v) is 4.31. The Labute approximate surface area is 140 Å². The summed E-state index contributed by atoms with van der Waals surface area (Å²) in [6.07, 6.45) is 0.998. The van der Waals surface area contributed by atoms with E-state index in [1.54, 1.807) is 0 Å². The van der Waals surface area contributed by atoms with Gasteiger partial charge in [0.05, 0.1) is 0 Å². The first-order valence-corrected chi connectivity index (χ1v) is 8.26. The highest BCUT2D eigenvalue weighted by atomic mass is 79.9. The van der Waals surface area contributed by atoms with E-state index in [-0.39, 0.29) is 0 Å². The lowest BCUT2D eigenvalue weighted by molar-refractivity contribution is 0.254. The highest BCUT2D eigenvalue weighted by Crippen LogP contribution is 2.23. The van der Waals surface area contributed by atoms with Crippen molar-refractivity contribution in [1.82, 2.24) is 4.90 Å². The Morgan fingerprint density at radius 1 is 1.05 bits per heavy atom. The minimum absolute atomic E-state index is 0.715. The molecule has 0 fully saturated rings. The third kappa shape index (κ3) is 5.44. The molecular formula is C17H20BrClN2. The summed E-state index contributed by atoms with van der Waals surface area (Å²) in [6.45, 7) is 3.51. The second kappa shape index (κ2) is 8.54. The van der Waals surface area contributed by atoms with E-state index in [1.165, 1.54) is 11.1 Å². The molecule has 4 heteroatoms. The van der Waals surface area contributed by atoms with Gasteiger partial charge in [-0.15, -0.1) is 0 Å². The first-order chi connectivity index (χ1) is 10.2. The predicted molar refractivity (Wildman–Crippen MR) is 93.4 cm³/mol. The number of nitrogens with two attached hydrogens (primary N) is 1. The normalized spacial score (nSPS) is 11.0. The van der Waals surface area contributed by atoms with Crippen LogP contribution in [0.2, 0.25) is 5.02 Å². The highest BCUT2D eigenvalue weighted by molar-refractivity contribution is 9.10. The van der Waals surface area contributed by atoms with E-state index in [9.17, 15) is 0 Å². The van der Waals surface area contributed by atoms with Gasteiger partial charge in [0, 0.05) is 29.1 Å². The molecule has 2 aromatic carbocycles. The molecule has 2 aromatic rings. The second-order valence-electron chi connectivity index (χ2n) is 5.07. The predicted octanol–water partition coefficient (Wildman–Crippen LogP) is 4.45. The fourth-order valence-electron chi connectivity index (χ4n) is 2.26. The third-order valence-electron chi connectivity index (χ3n) is 3.34. The maximum atomic E-state index is 6.01. The van der Waals surface area contributed by atoms with Crippen LogP contribution in [0.5, 0.6) is 0 Å². The summed E-state index contributed by atoms with van der Waals surface area (Å²) in [4.78, 5) is 2.41. The lowest BCUT2D eigenvalue weighted by atomic mass is 10.1. The largest absolute Gasteiger partial charge is 0.330 e. The Bertz CT molecular complexity index is 560. The molecular weight excluding hydrogens is 348 g/mol. The molecule has 0 heterocycles. The van der Waals surface area contributed by atoms with Crippen LogP contribution >= 0.6 is 27.5 Å². The SMILES string of the molecule is NCCCN(Cc1ccccc1)Cc1ccc(Cl)cc1Br. The Balaban J connectivity index is 2.08. The first kappa shape index (κ1) is 16.5. The molecule has 0 aliphatic carbocycles. The highest BCUT2D eigenvalue weighted by Gasteiger charge is 2.09. The van der Waals surface area contributed by atoms with E-state index in [1.807, 2.05) is 18.2 Å². The van der Waals surface area contributed by atoms with Crippen LogP contribution in [0, 0.1) is 0 Å². The minimum Gasteiger partial charge on any atom is -0.330 e. The van der Waals surface area contributed by atoms with Gasteiger partial charge in [-0.05, 0) is 36.2 Å². The summed E-state index contributed by atoms with van der Waals surface area (Å²) < 4.78 is 1.06. The van der Waals surface area contributed by atoms with Gasteiger partial charge < -0.3 is 5.73 Å². The molecule has 2 nitrogen and oxygen atoms in total. The average molecular weight is 368 g/mol. The molecule has 2 N–H and O–H groups in total. The number of hydrogen-bond donors (Lipinski definition) is 1. The number of benzene rings is 2. The van der Waals surface area contributed by atoms with Crippen LogP contribution in [0.4, 0.5) is 0 Å². The van der Waals surface area contributed by atoms with Crippen molar-refractivity contribution in [1.29, 1.82) is 0 Å². The van der Waals surface area contributed by atoms with Crippen LogP contribution in [0.1, 0.15) is 17.5 Å². The number of hydrogen-bond acceptors (Lipinski definition) is 2. The van der Waals surface area contributed by atoms with Crippen LogP contribution in [0.3, 0.4) is 0 Å². The monoisotopic (exact) mass is 366 g/mol. The van der Waals surface area contributed by atoms with Crippen LogP contribution in [0.15, 0.2) is 53.0 Å². The van der Waals surface area contributed by atoms with Gasteiger partial charge in [-0.3, -0.25) is 4.90 Å². The van der Waals surface area contributed by atoms with Gasteiger partial charge in [0.25, 0.3) is 0 Å². The molecule has 0 aliphatic heterocycles. The standard InChI is InChI=1S/C17H20BrClN2/c18-17-11-16(19)8-7-15(17)13-21(10-4-9-20)12-14-5-2-1-3-6-14/h1-3,5-8,11H,4,9-10,12-13,20H2. The van der Waals surface area contributed by atoms with Crippen molar-refractivity contribution in [3.63, 3.8) is 0 Å². The fraction of sp³-hybridized carbons (Fsp3) is 0.294. The van der Waals surface area contributed by atoms with Gasteiger partial charge in [-0.2, -0.15) is 0 Å². The van der Waals surface area contributed by atoms with Crippen LogP contribution < -0.4 is 5.73 Å². The summed E-state index contributed by atoms with van der Waals surface area (Å²) in [6, 6.07) is 16.5. The average Bonchev–Trinajstić information content (AvgIpc) is 2.48. The molecule has 0 aliphatic rings. The van der Waals surface area contributed by atoms with E-state index in [0.29, 0.717) is 6.54 Å². The van der Waals surface area contributed by atoms with E-state index < -0.39 is 0 Å². The number of rotatable bonds is 7. The van der Waals surface area contributed by atoms with E-state index >= 15 is 0 Å². The van der Waals surface area contributed by atoms with Crippen molar-refractivity contribution in [2.75, 3.05) is 13.1 Å². The summed E-state index contributed by atoms with van der Waals surface area (Å²) >= 11 is 9.60. The van der Waals surface area contributed by atoms with Crippen molar-refractivity contribution in [3.8, 4) is 0 Å². The van der Waals surface area contributed by atoms with Crippen LogP contribution in [-0.4, -0.2) is 18.0 Å². The van der Waals surface area contributed by atoms with Gasteiger partial charge in [-0.25, -0.2) is 0 Å². The van der Waals surface area contributed by atoms with Gasteiger partial charge in [0.15, 0.2) is 0 Å². The quantitative estimate of drug-likeness (QED) is 0.783. The maximum Gasteiger partial charge on any atom is 0.0417 e. The van der Waals surface area contributed by atoms with Crippen LogP contribution in [-0.2, 0) is 13.1 Å². The van der Waals surface area contributed by atoms with E-state index in [4.69, 9.17) is 17.3 Å². The molecule has 0 radical (unpaired) electrons. The molecule has 0 atom stereocenters. The molecule has 0 saturated heterocycles. The Hall–Kier alpha value is -0.870. The molecule has 0 unspecified atom stereocenters. The molecule has 0 amide bonds. The zero-order valence-electron chi connectivity index (χ0n) is 11.9. The number of halogens is 2. The minimum atomic E-state index is 0.715. The van der Waals surface area contributed by atoms with E-state index in [2.05, 4.69) is 51.2 Å². The van der Waals surface area contributed by atoms with Crippen molar-refractivity contribution in [3.05, 3.63) is 69.2 Å². The molecule has 0 aromatic heterocycles. The molecule has 2 rings (SSSR count). The van der Waals surface area contributed by atoms with Crippen molar-refractivity contribution in [2.45, 2.75) is 19.5 Å².